The van der Waals surface area contributed by atoms with E-state index < -0.39 is 11.9 Å². The van der Waals surface area contributed by atoms with Gasteiger partial charge in [0, 0.05) is 19.2 Å². The zero-order chi connectivity index (χ0) is 13.8. The lowest BCUT2D eigenvalue weighted by Crippen LogP contribution is -2.27. The minimum atomic E-state index is -0.555. The third-order valence-electron chi connectivity index (χ3n) is 2.77. The number of nitrogens with one attached hydrogen (secondary N) is 2. The van der Waals surface area contributed by atoms with Gasteiger partial charge in [-0.3, -0.25) is 9.59 Å². The Bertz CT molecular complexity index is 499. The van der Waals surface area contributed by atoms with Crippen molar-refractivity contribution in [2.45, 2.75) is 25.9 Å². The van der Waals surface area contributed by atoms with Crippen molar-refractivity contribution in [3.05, 3.63) is 24.0 Å². The first kappa shape index (κ1) is 13.5. The summed E-state index contributed by atoms with van der Waals surface area (Å²) in [4.78, 5) is 22.7. The van der Waals surface area contributed by atoms with Crippen LogP contribution in [0.5, 0.6) is 0 Å². The summed E-state index contributed by atoms with van der Waals surface area (Å²) in [6, 6.07) is 4.00. The number of halogens is 1. The number of hydrogen-bond donors (Lipinski definition) is 2. The van der Waals surface area contributed by atoms with E-state index in [2.05, 4.69) is 10.6 Å². The van der Waals surface area contributed by atoms with Crippen LogP contribution in [0.2, 0.25) is 0 Å². The molecule has 0 bridgehead atoms. The van der Waals surface area contributed by atoms with Gasteiger partial charge < -0.3 is 15.4 Å². The lowest BCUT2D eigenvalue weighted by atomic mass is 10.2. The van der Waals surface area contributed by atoms with E-state index in [1.807, 2.05) is 0 Å². The Balaban J connectivity index is 2.09. The summed E-state index contributed by atoms with van der Waals surface area (Å²) in [5, 5.41) is 5.00. The molecule has 5 nitrogen and oxygen atoms in total. The Hall–Kier alpha value is -1.95. The van der Waals surface area contributed by atoms with Gasteiger partial charge in [-0.15, -0.1) is 0 Å². The van der Waals surface area contributed by atoms with Crippen LogP contribution < -0.4 is 10.6 Å². The average Bonchev–Trinajstić information content (AvgIpc) is 2.86. The van der Waals surface area contributed by atoms with Crippen molar-refractivity contribution >= 4 is 23.2 Å². The number of rotatable bonds is 3. The quantitative estimate of drug-likeness (QED) is 0.878. The molecule has 0 saturated carbocycles. The first-order valence-electron chi connectivity index (χ1n) is 6.06. The van der Waals surface area contributed by atoms with Crippen molar-refractivity contribution in [3.8, 4) is 0 Å². The molecule has 1 atom stereocenters. The van der Waals surface area contributed by atoms with Crippen LogP contribution in [0.1, 0.15) is 19.8 Å². The molecular formula is C13H15FN2O3. The number of ether oxygens (including phenoxy) is 1. The zero-order valence-corrected chi connectivity index (χ0v) is 10.5. The molecule has 2 N–H and O–H groups in total. The van der Waals surface area contributed by atoms with Crippen LogP contribution in [0.3, 0.4) is 0 Å². The highest BCUT2D eigenvalue weighted by Gasteiger charge is 2.24. The zero-order valence-electron chi connectivity index (χ0n) is 10.5. The molecule has 0 aromatic heterocycles. The van der Waals surface area contributed by atoms with Gasteiger partial charge in [0.05, 0.1) is 5.69 Å². The molecular weight excluding hydrogens is 251 g/mol. The summed E-state index contributed by atoms with van der Waals surface area (Å²) in [6.07, 6.45) is 0.939. The molecule has 19 heavy (non-hydrogen) atoms. The average molecular weight is 266 g/mol. The Morgan fingerprint density at radius 1 is 1.37 bits per heavy atom. The maximum absolute atomic E-state index is 13.6. The molecule has 1 aliphatic rings. The summed E-state index contributed by atoms with van der Waals surface area (Å²) in [7, 11) is 0. The lowest BCUT2D eigenvalue weighted by molar-refractivity contribution is -0.124. The summed E-state index contributed by atoms with van der Waals surface area (Å²) in [6.45, 7) is 1.90. The minimum absolute atomic E-state index is 0.0340. The van der Waals surface area contributed by atoms with Gasteiger partial charge in [-0.2, -0.15) is 0 Å². The van der Waals surface area contributed by atoms with Crippen LogP contribution in [0, 0.1) is 5.82 Å². The lowest BCUT2D eigenvalue weighted by Gasteiger charge is -2.12. The van der Waals surface area contributed by atoms with E-state index in [9.17, 15) is 14.0 Å². The van der Waals surface area contributed by atoms with Crippen molar-refractivity contribution < 1.29 is 18.7 Å². The molecule has 2 rings (SSSR count). The Morgan fingerprint density at radius 3 is 2.79 bits per heavy atom. The standard InChI is InChI=1S/C13H15FN2O3/c1-8(17)15-9-4-5-10(14)11(7-9)16-13(18)12-3-2-6-19-12/h4-5,7,12H,2-3,6H2,1H3,(H,15,17)(H,16,18). The molecule has 2 amide bonds. The van der Waals surface area contributed by atoms with E-state index in [4.69, 9.17) is 4.74 Å². The summed E-state index contributed by atoms with van der Waals surface area (Å²) in [5.74, 6) is -1.18. The summed E-state index contributed by atoms with van der Waals surface area (Å²) < 4.78 is 18.8. The second-order valence-electron chi connectivity index (χ2n) is 4.37. The maximum atomic E-state index is 13.6. The Kier molecular flexibility index (Phi) is 4.11. The van der Waals surface area contributed by atoms with E-state index in [-0.39, 0.29) is 17.5 Å². The molecule has 0 spiro atoms. The smallest absolute Gasteiger partial charge is 0.253 e. The van der Waals surface area contributed by atoms with Gasteiger partial charge in [0.1, 0.15) is 11.9 Å². The van der Waals surface area contributed by atoms with Crippen molar-refractivity contribution in [2.75, 3.05) is 17.2 Å². The van der Waals surface area contributed by atoms with Crippen molar-refractivity contribution in [1.82, 2.24) is 0 Å². The normalized spacial score (nSPS) is 18.1. The maximum Gasteiger partial charge on any atom is 0.253 e. The van der Waals surface area contributed by atoms with Crippen molar-refractivity contribution in [1.29, 1.82) is 0 Å². The third-order valence-corrected chi connectivity index (χ3v) is 2.77. The molecule has 1 unspecified atom stereocenters. The Labute approximate surface area is 110 Å². The van der Waals surface area contributed by atoms with Gasteiger partial charge in [0.2, 0.25) is 5.91 Å². The predicted octanol–water partition coefficient (Wildman–Crippen LogP) is 1.90. The second kappa shape index (κ2) is 5.79. The highest BCUT2D eigenvalue weighted by Crippen LogP contribution is 2.21. The van der Waals surface area contributed by atoms with Gasteiger partial charge >= 0.3 is 0 Å². The summed E-state index contributed by atoms with van der Waals surface area (Å²) >= 11 is 0. The van der Waals surface area contributed by atoms with Crippen molar-refractivity contribution in [3.63, 3.8) is 0 Å². The van der Waals surface area contributed by atoms with Crippen LogP contribution >= 0.6 is 0 Å². The molecule has 1 aromatic rings. The molecule has 1 aromatic carbocycles. The van der Waals surface area contributed by atoms with Gasteiger partial charge in [-0.25, -0.2) is 4.39 Å². The van der Waals surface area contributed by atoms with E-state index >= 15 is 0 Å². The largest absolute Gasteiger partial charge is 0.368 e. The third kappa shape index (κ3) is 3.51. The number of amides is 2. The topological polar surface area (TPSA) is 67.4 Å². The van der Waals surface area contributed by atoms with E-state index in [1.165, 1.54) is 25.1 Å². The van der Waals surface area contributed by atoms with E-state index in [0.29, 0.717) is 18.7 Å². The summed E-state index contributed by atoms with van der Waals surface area (Å²) in [5.41, 5.74) is 0.461. The molecule has 1 heterocycles. The molecule has 0 radical (unpaired) electrons. The molecule has 102 valence electrons. The van der Waals surface area contributed by atoms with Crippen LogP contribution in [0.4, 0.5) is 15.8 Å². The fraction of sp³-hybridized carbons (Fsp3) is 0.385. The van der Waals surface area contributed by atoms with Crippen molar-refractivity contribution in [2.24, 2.45) is 0 Å². The monoisotopic (exact) mass is 266 g/mol. The Morgan fingerprint density at radius 2 is 2.16 bits per heavy atom. The molecule has 1 fully saturated rings. The first-order valence-corrected chi connectivity index (χ1v) is 6.06. The van der Waals surface area contributed by atoms with E-state index in [0.717, 1.165) is 6.42 Å². The number of benzene rings is 1. The van der Waals surface area contributed by atoms with Gasteiger partial charge in [-0.1, -0.05) is 0 Å². The van der Waals surface area contributed by atoms with Crippen LogP contribution in [0.15, 0.2) is 18.2 Å². The highest BCUT2D eigenvalue weighted by molar-refractivity contribution is 5.95. The van der Waals surface area contributed by atoms with Crippen LogP contribution in [0.25, 0.3) is 0 Å². The molecule has 6 heteroatoms. The van der Waals surface area contributed by atoms with Gasteiger partial charge in [0.15, 0.2) is 0 Å². The number of hydrogen-bond acceptors (Lipinski definition) is 3. The van der Waals surface area contributed by atoms with Crippen LogP contribution in [-0.2, 0) is 14.3 Å². The first-order chi connectivity index (χ1) is 9.06. The number of carbonyl (C=O) groups is 2. The fourth-order valence-corrected chi connectivity index (χ4v) is 1.90. The minimum Gasteiger partial charge on any atom is -0.368 e. The highest BCUT2D eigenvalue weighted by atomic mass is 19.1. The van der Waals surface area contributed by atoms with Crippen LogP contribution in [-0.4, -0.2) is 24.5 Å². The SMILES string of the molecule is CC(=O)Nc1ccc(F)c(NC(=O)C2CCCO2)c1. The van der Waals surface area contributed by atoms with Gasteiger partial charge in [-0.05, 0) is 31.0 Å². The number of anilines is 2. The molecule has 1 saturated heterocycles. The number of carbonyl (C=O) groups excluding carboxylic acids is 2. The fourth-order valence-electron chi connectivity index (χ4n) is 1.90. The molecule has 0 aliphatic carbocycles. The molecule has 1 aliphatic heterocycles. The predicted molar refractivity (Wildman–Crippen MR) is 68.3 cm³/mol. The second-order valence-corrected chi connectivity index (χ2v) is 4.37. The van der Waals surface area contributed by atoms with E-state index in [1.54, 1.807) is 0 Å². The van der Waals surface area contributed by atoms with Gasteiger partial charge in [0.25, 0.3) is 5.91 Å².